The number of aliphatic hydroxyl groups excluding tert-OH is 6. The topological polar surface area (TPSA) is 230 Å². The molecule has 2 aromatic carbocycles. The Morgan fingerprint density at radius 2 is 1.39 bits per heavy atom. The average Bonchev–Trinajstić information content (AvgIpc) is 2.94. The Balaban J connectivity index is 1.42. The molecule has 3 heterocycles. The van der Waals surface area contributed by atoms with Gasteiger partial charge in [-0.3, -0.25) is 0 Å². The van der Waals surface area contributed by atoms with Crippen LogP contribution in [-0.4, -0.2) is 114 Å². The quantitative estimate of drug-likeness (QED) is 0.168. The van der Waals surface area contributed by atoms with Crippen LogP contribution >= 0.6 is 0 Å². The van der Waals surface area contributed by atoms with Crippen molar-refractivity contribution in [3.8, 4) is 34.3 Å². The molecule has 3 aromatic rings. The lowest BCUT2D eigenvalue weighted by atomic mass is 9.98. The maximum absolute atomic E-state index is 10.7. The van der Waals surface area contributed by atoms with Crippen molar-refractivity contribution >= 4 is 11.0 Å². The molecule has 222 valence electrons. The molecule has 41 heavy (non-hydrogen) atoms. The summed E-state index contributed by atoms with van der Waals surface area (Å²) >= 11 is 0. The first-order valence-corrected chi connectivity index (χ1v) is 12.7. The van der Waals surface area contributed by atoms with Gasteiger partial charge in [0.1, 0.15) is 65.4 Å². The third kappa shape index (κ3) is 5.74. The van der Waals surface area contributed by atoms with E-state index >= 15 is 0 Å². The second kappa shape index (κ2) is 11.5. The average molecular weight is 580 g/mol. The zero-order chi connectivity index (χ0) is 29.6. The summed E-state index contributed by atoms with van der Waals surface area (Å²) in [5.74, 6) is -0.661. The maximum atomic E-state index is 10.7. The molecule has 14 nitrogen and oxygen atoms in total. The van der Waals surface area contributed by atoms with Crippen molar-refractivity contribution in [1.82, 2.24) is 0 Å². The lowest BCUT2D eigenvalue weighted by Gasteiger charge is -2.42. The van der Waals surface area contributed by atoms with Gasteiger partial charge in [-0.25, -0.2) is 4.42 Å². The molecular formula is C27H31O14+. The van der Waals surface area contributed by atoms with Crippen molar-refractivity contribution in [2.24, 2.45) is 0 Å². The minimum absolute atomic E-state index is 0.0261. The molecule has 0 bridgehead atoms. The van der Waals surface area contributed by atoms with Crippen LogP contribution in [0.25, 0.3) is 22.3 Å². The summed E-state index contributed by atoms with van der Waals surface area (Å²) in [5, 5.41) is 92.0. The standard InChI is InChI=1S/C27H30O14/c1-10-19(31)21(33)23(35)26(38-10)37-9-18-20(32)22(34)24(36)27(41-18)40-17-8-14-15(30)6-13(29)7-16(14)39-25(17)11-2-4-12(28)5-3-11/h2-8,10,18-24,26-27,31-36H,9H2,1H3,(H2-,28,29,30)/p+1/t10-,18+,19-,20+,21-,22-,23+,24+,26+,27+/m0/s1. The Kier molecular flexibility index (Phi) is 8.20. The third-order valence-corrected chi connectivity index (χ3v) is 7.09. The van der Waals surface area contributed by atoms with E-state index < -0.39 is 68.0 Å². The molecule has 0 radical (unpaired) electrons. The van der Waals surface area contributed by atoms with Gasteiger partial charge in [0.05, 0.1) is 24.3 Å². The molecule has 2 saturated heterocycles. The van der Waals surface area contributed by atoms with Gasteiger partial charge < -0.3 is 64.9 Å². The predicted molar refractivity (Wildman–Crippen MR) is 137 cm³/mol. The summed E-state index contributed by atoms with van der Waals surface area (Å²) in [7, 11) is 0. The van der Waals surface area contributed by atoms with E-state index in [4.69, 9.17) is 23.4 Å². The molecule has 0 unspecified atom stereocenters. The molecule has 9 N–H and O–H groups in total. The van der Waals surface area contributed by atoms with Crippen LogP contribution in [0.4, 0.5) is 0 Å². The predicted octanol–water partition coefficient (Wildman–Crippen LogP) is -0.472. The molecular weight excluding hydrogens is 548 g/mol. The smallest absolute Gasteiger partial charge is 0.402 e. The van der Waals surface area contributed by atoms with E-state index in [1.54, 1.807) is 0 Å². The Morgan fingerprint density at radius 3 is 2.10 bits per heavy atom. The number of hydrogen-bond acceptors (Lipinski definition) is 13. The largest absolute Gasteiger partial charge is 0.508 e. The number of phenols is 3. The van der Waals surface area contributed by atoms with Gasteiger partial charge in [-0.15, -0.1) is 0 Å². The van der Waals surface area contributed by atoms with Gasteiger partial charge in [0.2, 0.25) is 12.0 Å². The summed E-state index contributed by atoms with van der Waals surface area (Å²) in [4.78, 5) is 0. The minimum Gasteiger partial charge on any atom is -0.508 e. The molecule has 14 heteroatoms. The molecule has 10 atom stereocenters. The number of fused-ring (bicyclic) bond motifs is 1. The summed E-state index contributed by atoms with van der Waals surface area (Å²) in [5.41, 5.74) is 0.476. The highest BCUT2D eigenvalue weighted by Gasteiger charge is 2.48. The van der Waals surface area contributed by atoms with E-state index in [2.05, 4.69) is 0 Å². The van der Waals surface area contributed by atoms with Crippen LogP contribution in [0.5, 0.6) is 23.0 Å². The number of hydrogen-bond donors (Lipinski definition) is 9. The Labute approximate surface area is 232 Å². The fraction of sp³-hybridized carbons (Fsp3) is 0.444. The zero-order valence-corrected chi connectivity index (χ0v) is 21.6. The summed E-state index contributed by atoms with van der Waals surface area (Å²) in [6, 6.07) is 9.48. The molecule has 0 amide bonds. The van der Waals surface area contributed by atoms with E-state index in [0.29, 0.717) is 5.56 Å². The highest BCUT2D eigenvalue weighted by Crippen LogP contribution is 2.40. The van der Waals surface area contributed by atoms with Crippen molar-refractivity contribution in [2.75, 3.05) is 6.61 Å². The SMILES string of the molecule is C[C@@H]1O[C@@H](OC[C@H]2O[C@@H](Oc3cc4c(O)cc(O)cc4[o+]c3-c3ccc(O)cc3)[C@H](O)[C@@H](O)[C@@H]2O)[C@H](O)[C@@H](O)[C@H]1O. The number of benzene rings is 2. The minimum atomic E-state index is -1.77. The van der Waals surface area contributed by atoms with Gasteiger partial charge in [0, 0.05) is 12.1 Å². The lowest BCUT2D eigenvalue weighted by molar-refractivity contribution is -0.318. The first-order chi connectivity index (χ1) is 19.4. The van der Waals surface area contributed by atoms with Gasteiger partial charge in [-0.2, -0.15) is 0 Å². The Hall–Kier alpha value is -3.31. The molecule has 1 aromatic heterocycles. The van der Waals surface area contributed by atoms with Gasteiger partial charge >= 0.3 is 11.3 Å². The molecule has 2 aliphatic rings. The lowest BCUT2D eigenvalue weighted by Crippen LogP contribution is -2.61. The van der Waals surface area contributed by atoms with E-state index in [-0.39, 0.29) is 39.7 Å². The van der Waals surface area contributed by atoms with Gasteiger partial charge in [-0.1, -0.05) is 0 Å². The van der Waals surface area contributed by atoms with Crippen LogP contribution < -0.4 is 4.74 Å². The van der Waals surface area contributed by atoms with E-state index in [1.165, 1.54) is 43.3 Å². The number of phenolic OH excluding ortho intramolecular Hbond substituents is 3. The monoisotopic (exact) mass is 579 g/mol. The summed E-state index contributed by atoms with van der Waals surface area (Å²) < 4.78 is 28.4. The van der Waals surface area contributed by atoms with Crippen LogP contribution in [0.3, 0.4) is 0 Å². The van der Waals surface area contributed by atoms with Crippen LogP contribution in [0.1, 0.15) is 6.92 Å². The number of aromatic hydroxyl groups is 3. The van der Waals surface area contributed by atoms with Crippen molar-refractivity contribution in [2.45, 2.75) is 68.3 Å². The first kappa shape index (κ1) is 29.2. The van der Waals surface area contributed by atoms with Crippen LogP contribution in [0.2, 0.25) is 0 Å². The Bertz CT molecular complexity index is 1370. The van der Waals surface area contributed by atoms with Gasteiger partial charge in [-0.05, 0) is 31.2 Å². The molecule has 2 fully saturated rings. The van der Waals surface area contributed by atoms with Crippen LogP contribution in [0.15, 0.2) is 46.9 Å². The second-order valence-corrected chi connectivity index (χ2v) is 10.0. The molecule has 0 aliphatic carbocycles. The van der Waals surface area contributed by atoms with Crippen LogP contribution in [0, 0.1) is 0 Å². The number of ether oxygens (including phenoxy) is 4. The second-order valence-electron chi connectivity index (χ2n) is 10.0. The van der Waals surface area contributed by atoms with Gasteiger partial charge in [0.15, 0.2) is 6.29 Å². The third-order valence-electron chi connectivity index (χ3n) is 7.09. The van der Waals surface area contributed by atoms with Crippen LogP contribution in [-0.2, 0) is 14.2 Å². The summed E-state index contributed by atoms with van der Waals surface area (Å²) in [6.07, 6.45) is -15.0. The fourth-order valence-corrected chi connectivity index (χ4v) is 4.70. The highest BCUT2D eigenvalue weighted by molar-refractivity contribution is 5.88. The maximum Gasteiger partial charge on any atom is 0.402 e. The summed E-state index contributed by atoms with van der Waals surface area (Å²) in [6.45, 7) is 0.973. The van der Waals surface area contributed by atoms with Crippen molar-refractivity contribution in [3.05, 3.63) is 42.5 Å². The normalized spacial score (nSPS) is 34.0. The van der Waals surface area contributed by atoms with Gasteiger partial charge in [0.25, 0.3) is 0 Å². The first-order valence-electron chi connectivity index (χ1n) is 12.7. The van der Waals surface area contributed by atoms with E-state index in [1.807, 2.05) is 0 Å². The molecule has 0 saturated carbocycles. The molecule has 2 aliphatic heterocycles. The van der Waals surface area contributed by atoms with Crippen molar-refractivity contribution < 1.29 is 69.3 Å². The molecule has 0 spiro atoms. The Morgan fingerprint density at radius 1 is 0.732 bits per heavy atom. The fourth-order valence-electron chi connectivity index (χ4n) is 4.70. The van der Waals surface area contributed by atoms with E-state index in [0.717, 1.165) is 6.07 Å². The van der Waals surface area contributed by atoms with Crippen molar-refractivity contribution in [3.63, 3.8) is 0 Å². The number of rotatable bonds is 6. The number of aliphatic hydroxyl groups is 6. The van der Waals surface area contributed by atoms with E-state index in [9.17, 15) is 46.0 Å². The van der Waals surface area contributed by atoms with Crippen molar-refractivity contribution in [1.29, 1.82) is 0 Å². The highest BCUT2D eigenvalue weighted by atomic mass is 16.7. The zero-order valence-electron chi connectivity index (χ0n) is 21.6. The molecule has 5 rings (SSSR count).